The minimum Gasteiger partial charge on any atom is -0.481 e. The van der Waals surface area contributed by atoms with Gasteiger partial charge in [0.2, 0.25) is 0 Å². The summed E-state index contributed by atoms with van der Waals surface area (Å²) in [6.45, 7) is 0.0150. The standard InChI is InChI=1S/C24H21NO3/c26-15-17-6-4-8-19(12-17)18-7-3-5-16(11-18)13-23-21(14-24(27)28)20-9-1-2-10-22(20)25-23/h1-12,25-26H,13-15H2,(H,27,28). The molecule has 0 radical (unpaired) electrons. The third-order valence-corrected chi connectivity index (χ3v) is 4.98. The number of aromatic amines is 1. The monoisotopic (exact) mass is 371 g/mol. The van der Waals surface area contributed by atoms with Gasteiger partial charge in [0, 0.05) is 23.0 Å². The number of aliphatic hydroxyl groups is 1. The van der Waals surface area contributed by atoms with E-state index >= 15 is 0 Å². The van der Waals surface area contributed by atoms with E-state index in [0.29, 0.717) is 6.42 Å². The second kappa shape index (κ2) is 7.71. The molecule has 0 aliphatic carbocycles. The summed E-state index contributed by atoms with van der Waals surface area (Å²) in [7, 11) is 0. The molecule has 4 heteroatoms. The highest BCUT2D eigenvalue weighted by Crippen LogP contribution is 2.27. The Labute approximate surface area is 163 Å². The van der Waals surface area contributed by atoms with E-state index in [9.17, 15) is 15.0 Å². The SMILES string of the molecule is O=C(O)Cc1c(Cc2cccc(-c3cccc(CO)c3)c2)[nH]c2ccccc12. The van der Waals surface area contributed by atoms with E-state index in [4.69, 9.17) is 0 Å². The second-order valence-corrected chi connectivity index (χ2v) is 6.93. The number of hydrogen-bond donors (Lipinski definition) is 3. The maximum absolute atomic E-state index is 11.4. The first-order valence-electron chi connectivity index (χ1n) is 9.23. The van der Waals surface area contributed by atoms with Crippen LogP contribution in [0.3, 0.4) is 0 Å². The molecular weight excluding hydrogens is 350 g/mol. The van der Waals surface area contributed by atoms with Crippen LogP contribution in [0.15, 0.2) is 72.8 Å². The minimum atomic E-state index is -0.833. The van der Waals surface area contributed by atoms with Crippen LogP contribution in [0.4, 0.5) is 0 Å². The van der Waals surface area contributed by atoms with Gasteiger partial charge in [-0.05, 0) is 39.9 Å². The zero-order chi connectivity index (χ0) is 19.5. The number of aliphatic hydroxyl groups excluding tert-OH is 1. The molecule has 0 unspecified atom stereocenters. The van der Waals surface area contributed by atoms with Crippen molar-refractivity contribution in [2.45, 2.75) is 19.4 Å². The molecule has 0 amide bonds. The largest absolute Gasteiger partial charge is 0.481 e. The molecule has 0 atom stereocenters. The summed E-state index contributed by atoms with van der Waals surface area (Å²) in [6, 6.07) is 23.9. The molecule has 0 aliphatic heterocycles. The summed E-state index contributed by atoms with van der Waals surface area (Å²) in [4.78, 5) is 14.8. The van der Waals surface area contributed by atoms with Gasteiger partial charge in [-0.2, -0.15) is 0 Å². The number of carboxylic acids is 1. The van der Waals surface area contributed by atoms with E-state index in [1.165, 1.54) is 0 Å². The molecule has 4 rings (SSSR count). The predicted octanol–water partition coefficient (Wildman–Crippen LogP) is 4.55. The molecule has 0 saturated heterocycles. The van der Waals surface area contributed by atoms with Crippen molar-refractivity contribution >= 4 is 16.9 Å². The van der Waals surface area contributed by atoms with Crippen LogP contribution in [0.2, 0.25) is 0 Å². The normalized spacial score (nSPS) is 11.0. The van der Waals surface area contributed by atoms with Gasteiger partial charge in [0.1, 0.15) is 0 Å². The number of aromatic nitrogens is 1. The van der Waals surface area contributed by atoms with Gasteiger partial charge in [-0.1, -0.05) is 60.7 Å². The molecule has 4 nitrogen and oxygen atoms in total. The smallest absolute Gasteiger partial charge is 0.307 e. The number of aliphatic carboxylic acids is 1. The van der Waals surface area contributed by atoms with E-state index in [0.717, 1.165) is 44.4 Å². The van der Waals surface area contributed by atoms with Crippen LogP contribution in [0.25, 0.3) is 22.0 Å². The van der Waals surface area contributed by atoms with Crippen LogP contribution in [0.1, 0.15) is 22.4 Å². The van der Waals surface area contributed by atoms with Crippen molar-refractivity contribution in [2.24, 2.45) is 0 Å². The van der Waals surface area contributed by atoms with Crippen LogP contribution >= 0.6 is 0 Å². The van der Waals surface area contributed by atoms with Gasteiger partial charge >= 0.3 is 5.97 Å². The summed E-state index contributed by atoms with van der Waals surface area (Å²) >= 11 is 0. The number of fused-ring (bicyclic) bond motifs is 1. The molecule has 0 fully saturated rings. The van der Waals surface area contributed by atoms with Crippen LogP contribution in [0, 0.1) is 0 Å². The van der Waals surface area contributed by atoms with Gasteiger partial charge in [0.15, 0.2) is 0 Å². The Balaban J connectivity index is 1.71. The summed E-state index contributed by atoms with van der Waals surface area (Å²) < 4.78 is 0. The van der Waals surface area contributed by atoms with Crippen LogP contribution in [-0.4, -0.2) is 21.2 Å². The second-order valence-electron chi connectivity index (χ2n) is 6.93. The first-order valence-corrected chi connectivity index (χ1v) is 9.23. The maximum atomic E-state index is 11.4. The van der Waals surface area contributed by atoms with Crippen LogP contribution in [0.5, 0.6) is 0 Å². The fourth-order valence-corrected chi connectivity index (χ4v) is 3.67. The number of rotatable bonds is 6. The first-order chi connectivity index (χ1) is 13.6. The number of carboxylic acid groups (broad SMARTS) is 1. The van der Waals surface area contributed by atoms with E-state index in [2.05, 4.69) is 17.1 Å². The number of hydrogen-bond acceptors (Lipinski definition) is 2. The van der Waals surface area contributed by atoms with Crippen molar-refractivity contribution in [2.75, 3.05) is 0 Å². The summed E-state index contributed by atoms with van der Waals surface area (Å²) in [5, 5.41) is 19.7. The van der Waals surface area contributed by atoms with Crippen molar-refractivity contribution in [1.82, 2.24) is 4.98 Å². The number of carbonyl (C=O) groups is 1. The number of benzene rings is 3. The Morgan fingerprint density at radius 3 is 2.25 bits per heavy atom. The van der Waals surface area contributed by atoms with Gasteiger partial charge in [0.25, 0.3) is 0 Å². The quantitative estimate of drug-likeness (QED) is 0.466. The molecule has 0 aliphatic rings. The summed E-state index contributed by atoms with van der Waals surface area (Å²) in [5.74, 6) is -0.833. The zero-order valence-electron chi connectivity index (χ0n) is 15.4. The van der Waals surface area contributed by atoms with Gasteiger partial charge in [-0.3, -0.25) is 4.79 Å². The predicted molar refractivity (Wildman–Crippen MR) is 110 cm³/mol. The van der Waals surface area contributed by atoms with Gasteiger partial charge in [-0.15, -0.1) is 0 Å². The third-order valence-electron chi connectivity index (χ3n) is 4.98. The van der Waals surface area contributed by atoms with E-state index in [-0.39, 0.29) is 13.0 Å². The van der Waals surface area contributed by atoms with Crippen molar-refractivity contribution in [3.63, 3.8) is 0 Å². The van der Waals surface area contributed by atoms with Gasteiger partial charge < -0.3 is 15.2 Å². The zero-order valence-corrected chi connectivity index (χ0v) is 15.4. The molecule has 1 aromatic heterocycles. The fraction of sp³-hybridized carbons (Fsp3) is 0.125. The Kier molecular flexibility index (Phi) is 4.96. The average Bonchev–Trinajstić information content (AvgIpc) is 3.05. The molecule has 140 valence electrons. The molecule has 3 aromatic carbocycles. The summed E-state index contributed by atoms with van der Waals surface area (Å²) in [5.41, 5.74) is 6.84. The van der Waals surface area contributed by atoms with Gasteiger partial charge in [0.05, 0.1) is 13.0 Å². The number of nitrogens with one attached hydrogen (secondary N) is 1. The topological polar surface area (TPSA) is 73.3 Å². The van der Waals surface area contributed by atoms with E-state index in [1.54, 1.807) is 0 Å². The molecule has 0 spiro atoms. The lowest BCUT2D eigenvalue weighted by Crippen LogP contribution is -2.03. The molecule has 0 saturated carbocycles. The Hall–Kier alpha value is -3.37. The number of para-hydroxylation sites is 1. The number of H-pyrrole nitrogens is 1. The first kappa shape index (κ1) is 18.0. The van der Waals surface area contributed by atoms with Crippen LogP contribution < -0.4 is 0 Å². The minimum absolute atomic E-state index is 0.00240. The van der Waals surface area contributed by atoms with Gasteiger partial charge in [-0.25, -0.2) is 0 Å². The third kappa shape index (κ3) is 3.68. The highest BCUT2D eigenvalue weighted by atomic mass is 16.4. The molecule has 28 heavy (non-hydrogen) atoms. The molecule has 0 bridgehead atoms. The lowest BCUT2D eigenvalue weighted by atomic mass is 9.98. The highest BCUT2D eigenvalue weighted by Gasteiger charge is 2.14. The lowest BCUT2D eigenvalue weighted by Gasteiger charge is -2.08. The Bertz CT molecular complexity index is 1140. The molecule has 4 aromatic rings. The van der Waals surface area contributed by atoms with E-state index < -0.39 is 5.97 Å². The molecule has 1 heterocycles. The lowest BCUT2D eigenvalue weighted by molar-refractivity contribution is -0.136. The molecule has 3 N–H and O–H groups in total. The molecular formula is C24H21NO3. The summed E-state index contributed by atoms with van der Waals surface area (Å²) in [6.07, 6.45) is 0.627. The van der Waals surface area contributed by atoms with Crippen molar-refractivity contribution in [3.8, 4) is 11.1 Å². The van der Waals surface area contributed by atoms with Crippen molar-refractivity contribution in [3.05, 3.63) is 95.2 Å². The highest BCUT2D eigenvalue weighted by molar-refractivity contribution is 5.88. The average molecular weight is 371 g/mol. The fourth-order valence-electron chi connectivity index (χ4n) is 3.67. The Morgan fingerprint density at radius 1 is 0.857 bits per heavy atom. The van der Waals surface area contributed by atoms with Crippen molar-refractivity contribution < 1.29 is 15.0 Å². The van der Waals surface area contributed by atoms with Crippen LogP contribution in [-0.2, 0) is 24.2 Å². The van der Waals surface area contributed by atoms with Crippen molar-refractivity contribution in [1.29, 1.82) is 0 Å². The van der Waals surface area contributed by atoms with E-state index in [1.807, 2.05) is 60.7 Å². The Morgan fingerprint density at radius 2 is 1.54 bits per heavy atom. The maximum Gasteiger partial charge on any atom is 0.307 e.